The summed E-state index contributed by atoms with van der Waals surface area (Å²) >= 11 is 0. The second-order valence-electron chi connectivity index (χ2n) is 6.57. The van der Waals surface area contributed by atoms with Crippen molar-refractivity contribution in [2.45, 2.75) is 36.7 Å². The second-order valence-corrected chi connectivity index (χ2v) is 8.14. The largest absolute Gasteiger partial charge is 0.378 e. The molecule has 0 aliphatic carbocycles. The van der Waals surface area contributed by atoms with E-state index in [2.05, 4.69) is 15.5 Å². The van der Waals surface area contributed by atoms with Crippen LogP contribution in [0.25, 0.3) is 0 Å². The molecular formula is C16H24N4O4S. The van der Waals surface area contributed by atoms with Gasteiger partial charge < -0.3 is 15.4 Å². The van der Waals surface area contributed by atoms with E-state index in [4.69, 9.17) is 9.88 Å². The maximum absolute atomic E-state index is 12.4. The summed E-state index contributed by atoms with van der Waals surface area (Å²) in [4.78, 5) is 14.7. The fraction of sp³-hybridized carbons (Fsp3) is 0.562. The fourth-order valence-electron chi connectivity index (χ4n) is 3.35. The Kier molecular flexibility index (Phi) is 5.28. The number of carbonyl (C=O) groups is 1. The van der Waals surface area contributed by atoms with Crippen molar-refractivity contribution in [3.8, 4) is 0 Å². The molecule has 2 aliphatic rings. The van der Waals surface area contributed by atoms with E-state index in [1.54, 1.807) is 13.0 Å². The molecule has 138 valence electrons. The molecule has 0 saturated carbocycles. The predicted octanol–water partition coefficient (Wildman–Crippen LogP) is 0.627. The summed E-state index contributed by atoms with van der Waals surface area (Å²) in [5.41, 5.74) is 1.17. The first-order chi connectivity index (χ1) is 11.8. The van der Waals surface area contributed by atoms with Gasteiger partial charge in [-0.05, 0) is 50.6 Å². The molecule has 0 radical (unpaired) electrons. The number of nitrogens with one attached hydrogen (secondary N) is 2. The minimum Gasteiger partial charge on any atom is -0.378 e. The van der Waals surface area contributed by atoms with Gasteiger partial charge >= 0.3 is 6.03 Å². The Balaban J connectivity index is 1.66. The zero-order chi connectivity index (χ0) is 18.0. The number of primary sulfonamides is 1. The number of rotatable bonds is 4. The van der Waals surface area contributed by atoms with E-state index in [0.717, 1.165) is 18.7 Å². The molecule has 2 aliphatic heterocycles. The summed E-state index contributed by atoms with van der Waals surface area (Å²) in [5.74, 6) is 0. The molecule has 1 aromatic rings. The molecule has 0 spiro atoms. The number of benzene rings is 1. The Morgan fingerprint density at radius 2 is 2.00 bits per heavy atom. The monoisotopic (exact) mass is 368 g/mol. The number of nitrogens with two attached hydrogens (primary N) is 1. The molecule has 0 unspecified atom stereocenters. The smallest absolute Gasteiger partial charge is 0.319 e. The van der Waals surface area contributed by atoms with Gasteiger partial charge in [0.1, 0.15) is 0 Å². The van der Waals surface area contributed by atoms with E-state index in [-0.39, 0.29) is 23.0 Å². The standard InChI is InChI=1S/C16H24N4O4S/c1-11-4-5-12(25(17,22)23)8-13(11)18-16(21)19-14-9-24-10-15(14)20-6-2-3-7-20/h4-5,8,14-15H,2-3,6-7,9-10H2,1H3,(H2,17,22,23)(H2,18,19,21)/t14-,15-/m1/s1. The fourth-order valence-corrected chi connectivity index (χ4v) is 3.89. The van der Waals surface area contributed by atoms with Gasteiger partial charge in [-0.1, -0.05) is 6.07 Å². The number of nitrogens with zero attached hydrogens (tertiary/aromatic N) is 1. The normalized spacial score (nSPS) is 24.4. The molecule has 4 N–H and O–H groups in total. The van der Waals surface area contributed by atoms with Crippen LogP contribution in [0, 0.1) is 6.92 Å². The van der Waals surface area contributed by atoms with Crippen LogP contribution >= 0.6 is 0 Å². The minimum absolute atomic E-state index is 0.0347. The number of aryl methyl sites for hydroxylation is 1. The van der Waals surface area contributed by atoms with Crippen LogP contribution in [0.15, 0.2) is 23.1 Å². The first kappa shape index (κ1) is 18.1. The number of urea groups is 1. The Morgan fingerprint density at radius 1 is 1.28 bits per heavy atom. The van der Waals surface area contributed by atoms with Gasteiger partial charge in [0, 0.05) is 5.69 Å². The lowest BCUT2D eigenvalue weighted by atomic mass is 10.1. The Morgan fingerprint density at radius 3 is 2.68 bits per heavy atom. The number of amides is 2. The van der Waals surface area contributed by atoms with E-state index in [9.17, 15) is 13.2 Å². The molecule has 8 nitrogen and oxygen atoms in total. The SMILES string of the molecule is Cc1ccc(S(N)(=O)=O)cc1NC(=O)N[C@@H]1COC[C@H]1N1CCCC1. The van der Waals surface area contributed by atoms with Crippen LogP contribution in [0.2, 0.25) is 0 Å². The van der Waals surface area contributed by atoms with Gasteiger partial charge in [0.25, 0.3) is 0 Å². The molecule has 2 amide bonds. The zero-order valence-corrected chi connectivity index (χ0v) is 15.0. The summed E-state index contributed by atoms with van der Waals surface area (Å²) < 4.78 is 28.5. The number of hydrogen-bond acceptors (Lipinski definition) is 5. The topological polar surface area (TPSA) is 114 Å². The van der Waals surface area contributed by atoms with Gasteiger partial charge in [-0.3, -0.25) is 4.90 Å². The highest BCUT2D eigenvalue weighted by Crippen LogP contribution is 2.21. The van der Waals surface area contributed by atoms with Gasteiger partial charge in [0.15, 0.2) is 0 Å². The lowest BCUT2D eigenvalue weighted by Crippen LogP contribution is -2.51. The third-order valence-corrected chi connectivity index (χ3v) is 5.67. The Labute approximate surface area is 147 Å². The molecule has 2 atom stereocenters. The highest BCUT2D eigenvalue weighted by molar-refractivity contribution is 7.89. The Bertz CT molecular complexity index is 747. The average Bonchev–Trinajstić information content (AvgIpc) is 3.19. The molecule has 2 saturated heterocycles. The summed E-state index contributed by atoms with van der Waals surface area (Å²) in [6.45, 7) is 4.94. The summed E-state index contributed by atoms with van der Waals surface area (Å²) in [7, 11) is -3.82. The maximum atomic E-state index is 12.4. The highest BCUT2D eigenvalue weighted by Gasteiger charge is 2.35. The predicted molar refractivity (Wildman–Crippen MR) is 93.9 cm³/mol. The van der Waals surface area contributed by atoms with Gasteiger partial charge in [-0.25, -0.2) is 18.4 Å². The molecule has 0 aromatic heterocycles. The summed E-state index contributed by atoms with van der Waals surface area (Å²) in [6.07, 6.45) is 2.35. The van der Waals surface area contributed by atoms with Gasteiger partial charge in [0.05, 0.1) is 30.2 Å². The van der Waals surface area contributed by atoms with Crippen LogP contribution in [0.4, 0.5) is 10.5 Å². The second kappa shape index (κ2) is 7.28. The van der Waals surface area contributed by atoms with Gasteiger partial charge in [-0.15, -0.1) is 0 Å². The van der Waals surface area contributed by atoms with Crippen molar-refractivity contribution in [3.05, 3.63) is 23.8 Å². The first-order valence-electron chi connectivity index (χ1n) is 8.37. The van der Waals surface area contributed by atoms with Crippen LogP contribution in [-0.2, 0) is 14.8 Å². The van der Waals surface area contributed by atoms with Gasteiger partial charge in [-0.2, -0.15) is 0 Å². The van der Waals surface area contributed by atoms with Crippen molar-refractivity contribution in [3.63, 3.8) is 0 Å². The number of hydrogen-bond donors (Lipinski definition) is 3. The Hall–Kier alpha value is -1.68. The summed E-state index contributed by atoms with van der Waals surface area (Å²) in [6, 6.07) is 4.12. The van der Waals surface area contributed by atoms with E-state index in [1.165, 1.54) is 25.0 Å². The highest BCUT2D eigenvalue weighted by atomic mass is 32.2. The minimum atomic E-state index is -3.82. The van der Waals surface area contributed by atoms with Crippen molar-refractivity contribution in [2.24, 2.45) is 5.14 Å². The molecule has 9 heteroatoms. The molecule has 2 fully saturated rings. The van der Waals surface area contributed by atoms with Crippen molar-refractivity contribution in [1.29, 1.82) is 0 Å². The molecule has 2 heterocycles. The van der Waals surface area contributed by atoms with Crippen LogP contribution in [0.3, 0.4) is 0 Å². The molecule has 0 bridgehead atoms. The summed E-state index contributed by atoms with van der Waals surface area (Å²) in [5, 5.41) is 10.8. The maximum Gasteiger partial charge on any atom is 0.319 e. The van der Waals surface area contributed by atoms with Crippen LogP contribution in [0.1, 0.15) is 18.4 Å². The lowest BCUT2D eigenvalue weighted by Gasteiger charge is -2.28. The zero-order valence-electron chi connectivity index (χ0n) is 14.2. The molecular weight excluding hydrogens is 344 g/mol. The van der Waals surface area contributed by atoms with E-state index in [1.807, 2.05) is 0 Å². The molecule has 25 heavy (non-hydrogen) atoms. The van der Waals surface area contributed by atoms with Crippen molar-refractivity contribution in [1.82, 2.24) is 10.2 Å². The lowest BCUT2D eigenvalue weighted by molar-refractivity contribution is 0.159. The van der Waals surface area contributed by atoms with Crippen LogP contribution in [-0.4, -0.2) is 57.7 Å². The van der Waals surface area contributed by atoms with Crippen LogP contribution < -0.4 is 15.8 Å². The van der Waals surface area contributed by atoms with E-state index < -0.39 is 10.0 Å². The van der Waals surface area contributed by atoms with Gasteiger partial charge in [0.2, 0.25) is 10.0 Å². The average molecular weight is 368 g/mol. The van der Waals surface area contributed by atoms with Crippen molar-refractivity contribution in [2.75, 3.05) is 31.6 Å². The number of anilines is 1. The third-order valence-electron chi connectivity index (χ3n) is 4.76. The number of likely N-dealkylation sites (tertiary alicyclic amines) is 1. The molecule has 1 aromatic carbocycles. The first-order valence-corrected chi connectivity index (χ1v) is 9.92. The van der Waals surface area contributed by atoms with Crippen LogP contribution in [0.5, 0.6) is 0 Å². The number of sulfonamides is 1. The number of carbonyl (C=O) groups excluding carboxylic acids is 1. The number of ether oxygens (including phenoxy) is 1. The van der Waals surface area contributed by atoms with Crippen molar-refractivity contribution < 1.29 is 17.9 Å². The molecule has 3 rings (SSSR count). The third kappa shape index (κ3) is 4.30. The quantitative estimate of drug-likeness (QED) is 0.721. The van der Waals surface area contributed by atoms with E-state index >= 15 is 0 Å². The van der Waals surface area contributed by atoms with E-state index in [0.29, 0.717) is 18.9 Å². The van der Waals surface area contributed by atoms with Crippen molar-refractivity contribution >= 4 is 21.7 Å².